The van der Waals surface area contributed by atoms with Gasteiger partial charge in [0.05, 0.1) is 5.41 Å². The van der Waals surface area contributed by atoms with Gasteiger partial charge in [-0.05, 0) is 18.4 Å². The summed E-state index contributed by atoms with van der Waals surface area (Å²) in [7, 11) is 1.90. The molecule has 1 fully saturated rings. The zero-order valence-electron chi connectivity index (χ0n) is 12.5. The Morgan fingerprint density at radius 2 is 1.75 bits per heavy atom. The minimum absolute atomic E-state index is 0.228. The lowest BCUT2D eigenvalue weighted by Crippen LogP contribution is -2.46. The van der Waals surface area contributed by atoms with Crippen molar-refractivity contribution in [2.75, 3.05) is 13.6 Å². The third-order valence-corrected chi connectivity index (χ3v) is 4.51. The molecule has 0 radical (unpaired) electrons. The van der Waals surface area contributed by atoms with Crippen LogP contribution in [-0.2, 0) is 11.3 Å². The van der Waals surface area contributed by atoms with E-state index in [1.54, 1.807) is 0 Å². The van der Waals surface area contributed by atoms with Gasteiger partial charge in [0.25, 0.3) is 0 Å². The first-order chi connectivity index (χ1) is 9.68. The zero-order chi connectivity index (χ0) is 14.4. The second-order valence-corrected chi connectivity index (χ2v) is 6.05. The number of carbonyl (C=O) groups is 1. The number of hydrogen-bond acceptors (Lipinski definition) is 2. The molecule has 1 aromatic rings. The SMILES string of the molecule is CN(Cc1ccccc1)C(=O)C1(CN)CCCCCC1. The molecule has 0 atom stereocenters. The van der Waals surface area contributed by atoms with E-state index >= 15 is 0 Å². The Bertz CT molecular complexity index is 422. The van der Waals surface area contributed by atoms with Gasteiger partial charge < -0.3 is 10.6 Å². The van der Waals surface area contributed by atoms with Gasteiger partial charge in [-0.1, -0.05) is 56.0 Å². The van der Waals surface area contributed by atoms with Crippen LogP contribution in [0.2, 0.25) is 0 Å². The number of amides is 1. The molecule has 0 saturated heterocycles. The maximum Gasteiger partial charge on any atom is 0.230 e. The standard InChI is InChI=1S/C17H26N2O/c1-19(13-15-9-5-4-6-10-15)16(20)17(14-18)11-7-2-3-8-12-17/h4-6,9-10H,2-3,7-8,11-14,18H2,1H3. The molecule has 0 heterocycles. The fourth-order valence-corrected chi connectivity index (χ4v) is 3.24. The van der Waals surface area contributed by atoms with E-state index in [2.05, 4.69) is 12.1 Å². The second-order valence-electron chi connectivity index (χ2n) is 6.05. The predicted octanol–water partition coefficient (Wildman–Crippen LogP) is 2.94. The topological polar surface area (TPSA) is 46.3 Å². The molecule has 1 aromatic carbocycles. The summed E-state index contributed by atoms with van der Waals surface area (Å²) in [5.74, 6) is 0.228. The van der Waals surface area contributed by atoms with Crippen LogP contribution in [0, 0.1) is 5.41 Å². The lowest BCUT2D eigenvalue weighted by atomic mass is 9.79. The van der Waals surface area contributed by atoms with Gasteiger partial charge in [-0.25, -0.2) is 0 Å². The molecule has 20 heavy (non-hydrogen) atoms. The smallest absolute Gasteiger partial charge is 0.230 e. The molecule has 110 valence electrons. The number of nitrogens with two attached hydrogens (primary N) is 1. The summed E-state index contributed by atoms with van der Waals surface area (Å²) in [5.41, 5.74) is 6.84. The van der Waals surface area contributed by atoms with E-state index in [0.29, 0.717) is 13.1 Å². The number of hydrogen-bond donors (Lipinski definition) is 1. The highest BCUT2D eigenvalue weighted by Gasteiger charge is 2.38. The Hall–Kier alpha value is -1.35. The molecule has 0 aromatic heterocycles. The fraction of sp³-hybridized carbons (Fsp3) is 0.588. The molecule has 0 spiro atoms. The van der Waals surface area contributed by atoms with Crippen molar-refractivity contribution in [1.82, 2.24) is 4.90 Å². The van der Waals surface area contributed by atoms with Gasteiger partial charge in [-0.3, -0.25) is 4.79 Å². The van der Waals surface area contributed by atoms with E-state index < -0.39 is 0 Å². The van der Waals surface area contributed by atoms with Crippen molar-refractivity contribution >= 4 is 5.91 Å². The fourth-order valence-electron chi connectivity index (χ4n) is 3.24. The van der Waals surface area contributed by atoms with E-state index in [4.69, 9.17) is 5.73 Å². The van der Waals surface area contributed by atoms with Gasteiger partial charge in [-0.2, -0.15) is 0 Å². The summed E-state index contributed by atoms with van der Waals surface area (Å²) in [6.45, 7) is 1.15. The molecule has 0 bridgehead atoms. The summed E-state index contributed by atoms with van der Waals surface area (Å²) >= 11 is 0. The van der Waals surface area contributed by atoms with Crippen LogP contribution in [0.25, 0.3) is 0 Å². The molecule has 1 aliphatic carbocycles. The molecular weight excluding hydrogens is 248 g/mol. The van der Waals surface area contributed by atoms with Crippen LogP contribution in [0.5, 0.6) is 0 Å². The second kappa shape index (κ2) is 6.89. The molecular formula is C17H26N2O. The molecule has 3 nitrogen and oxygen atoms in total. The number of nitrogens with zero attached hydrogens (tertiary/aromatic N) is 1. The Kier molecular flexibility index (Phi) is 5.18. The first kappa shape index (κ1) is 15.0. The number of carbonyl (C=O) groups excluding carboxylic acids is 1. The molecule has 0 unspecified atom stereocenters. The average molecular weight is 274 g/mol. The van der Waals surface area contributed by atoms with E-state index in [9.17, 15) is 4.79 Å². The van der Waals surface area contributed by atoms with Crippen LogP contribution in [0.4, 0.5) is 0 Å². The van der Waals surface area contributed by atoms with Crippen molar-refractivity contribution < 1.29 is 4.79 Å². The minimum atomic E-state index is -0.319. The van der Waals surface area contributed by atoms with Crippen molar-refractivity contribution in [3.8, 4) is 0 Å². The van der Waals surface area contributed by atoms with Gasteiger partial charge in [0.1, 0.15) is 0 Å². The average Bonchev–Trinajstić information content (AvgIpc) is 2.74. The van der Waals surface area contributed by atoms with Crippen LogP contribution in [0.15, 0.2) is 30.3 Å². The van der Waals surface area contributed by atoms with Crippen LogP contribution in [0.1, 0.15) is 44.1 Å². The highest BCUT2D eigenvalue weighted by molar-refractivity contribution is 5.82. The molecule has 2 rings (SSSR count). The predicted molar refractivity (Wildman–Crippen MR) is 82.1 cm³/mol. The number of benzene rings is 1. The molecule has 0 aliphatic heterocycles. The summed E-state index contributed by atoms with van der Waals surface area (Å²) in [5, 5.41) is 0. The summed E-state index contributed by atoms with van der Waals surface area (Å²) in [6, 6.07) is 10.1. The van der Waals surface area contributed by atoms with Crippen molar-refractivity contribution in [2.45, 2.75) is 45.1 Å². The molecule has 3 heteroatoms. The highest BCUT2D eigenvalue weighted by Crippen LogP contribution is 2.36. The van der Waals surface area contributed by atoms with Crippen molar-refractivity contribution in [3.05, 3.63) is 35.9 Å². The minimum Gasteiger partial charge on any atom is -0.341 e. The summed E-state index contributed by atoms with van der Waals surface area (Å²) in [6.07, 6.45) is 6.61. The Morgan fingerprint density at radius 1 is 1.15 bits per heavy atom. The first-order valence-electron chi connectivity index (χ1n) is 7.67. The van der Waals surface area contributed by atoms with Crippen molar-refractivity contribution in [1.29, 1.82) is 0 Å². The van der Waals surface area contributed by atoms with Crippen LogP contribution >= 0.6 is 0 Å². The van der Waals surface area contributed by atoms with E-state index in [-0.39, 0.29) is 11.3 Å². The van der Waals surface area contributed by atoms with E-state index in [1.807, 2.05) is 30.1 Å². The third kappa shape index (κ3) is 3.40. The highest BCUT2D eigenvalue weighted by atomic mass is 16.2. The van der Waals surface area contributed by atoms with Crippen LogP contribution < -0.4 is 5.73 Å². The van der Waals surface area contributed by atoms with Gasteiger partial charge in [0.15, 0.2) is 0 Å². The third-order valence-electron chi connectivity index (χ3n) is 4.51. The van der Waals surface area contributed by atoms with Gasteiger partial charge in [0, 0.05) is 20.1 Å². The summed E-state index contributed by atoms with van der Waals surface area (Å²) < 4.78 is 0. The lowest BCUT2D eigenvalue weighted by molar-refractivity contribution is -0.141. The van der Waals surface area contributed by atoms with Crippen molar-refractivity contribution in [3.63, 3.8) is 0 Å². The van der Waals surface area contributed by atoms with Crippen LogP contribution in [0.3, 0.4) is 0 Å². The quantitative estimate of drug-likeness (QED) is 0.858. The van der Waals surface area contributed by atoms with E-state index in [0.717, 1.165) is 25.7 Å². The normalized spacial score (nSPS) is 18.3. The van der Waals surface area contributed by atoms with Gasteiger partial charge in [-0.15, -0.1) is 0 Å². The van der Waals surface area contributed by atoms with E-state index in [1.165, 1.54) is 18.4 Å². The summed E-state index contributed by atoms with van der Waals surface area (Å²) in [4.78, 5) is 14.7. The maximum atomic E-state index is 12.9. The maximum absolute atomic E-state index is 12.9. The Labute approximate surface area is 122 Å². The lowest BCUT2D eigenvalue weighted by Gasteiger charge is -2.34. The molecule has 1 saturated carbocycles. The molecule has 1 aliphatic rings. The largest absolute Gasteiger partial charge is 0.341 e. The Balaban J connectivity index is 2.07. The van der Waals surface area contributed by atoms with Crippen LogP contribution in [-0.4, -0.2) is 24.4 Å². The Morgan fingerprint density at radius 3 is 2.30 bits per heavy atom. The first-order valence-corrected chi connectivity index (χ1v) is 7.67. The van der Waals surface area contributed by atoms with Gasteiger partial charge in [0.2, 0.25) is 5.91 Å². The molecule has 2 N–H and O–H groups in total. The molecule has 1 amide bonds. The zero-order valence-corrected chi connectivity index (χ0v) is 12.5. The van der Waals surface area contributed by atoms with Gasteiger partial charge >= 0.3 is 0 Å². The van der Waals surface area contributed by atoms with Crippen molar-refractivity contribution in [2.24, 2.45) is 11.1 Å². The monoisotopic (exact) mass is 274 g/mol. The number of rotatable bonds is 4.